The largest absolute Gasteiger partial charge is 0.470 e. The maximum atomic E-state index is 13.3. The van der Waals surface area contributed by atoms with E-state index in [0.29, 0.717) is 22.7 Å². The molecule has 0 unspecified atom stereocenters. The fourth-order valence-electron chi connectivity index (χ4n) is 3.69. The fourth-order valence-corrected chi connectivity index (χ4v) is 3.69. The van der Waals surface area contributed by atoms with Gasteiger partial charge in [-0.05, 0) is 25.1 Å². The summed E-state index contributed by atoms with van der Waals surface area (Å²) in [6, 6.07) is 12.1. The molecule has 1 amide bonds. The summed E-state index contributed by atoms with van der Waals surface area (Å²) in [5, 5.41) is 27.5. The number of amides is 1. The first-order valence-corrected chi connectivity index (χ1v) is 8.39. The van der Waals surface area contributed by atoms with Gasteiger partial charge in [-0.25, -0.2) is 0 Å². The molecule has 0 radical (unpaired) electrons. The van der Waals surface area contributed by atoms with Gasteiger partial charge in [0.05, 0.1) is 16.3 Å². The zero-order chi connectivity index (χ0) is 20.1. The Labute approximate surface area is 158 Å². The highest BCUT2D eigenvalue weighted by molar-refractivity contribution is 6.23. The van der Waals surface area contributed by atoms with E-state index in [2.05, 4.69) is 5.10 Å². The first-order valence-electron chi connectivity index (χ1n) is 8.39. The van der Waals surface area contributed by atoms with Crippen LogP contribution in [0.2, 0.25) is 0 Å². The lowest BCUT2D eigenvalue weighted by atomic mass is 9.81. The van der Waals surface area contributed by atoms with Crippen molar-refractivity contribution in [2.24, 2.45) is 5.10 Å². The minimum absolute atomic E-state index is 0.124. The summed E-state index contributed by atoms with van der Waals surface area (Å²) in [7, 11) is 0. The Bertz CT molecular complexity index is 1030. The smallest absolute Gasteiger partial charge is 0.298 e. The number of nitro benzene ring substituents is 1. The van der Waals surface area contributed by atoms with Gasteiger partial charge in [0.1, 0.15) is 11.7 Å². The van der Waals surface area contributed by atoms with E-state index in [4.69, 9.17) is 4.74 Å². The van der Waals surface area contributed by atoms with Crippen LogP contribution < -0.4 is 9.75 Å². The molecule has 2 atom stereocenters. The van der Waals surface area contributed by atoms with E-state index in [0.717, 1.165) is 5.01 Å². The molecule has 2 aromatic carbocycles. The Kier molecular flexibility index (Phi) is 3.84. The third kappa shape index (κ3) is 2.42. The fraction of sp³-hybridized carbons (Fsp3) is 0.222. The maximum absolute atomic E-state index is 13.3. The van der Waals surface area contributed by atoms with Gasteiger partial charge in [-0.1, -0.05) is 18.2 Å². The number of carbonyl (C=O) groups excluding carboxylic acids is 1. The first kappa shape index (κ1) is 17.6. The van der Waals surface area contributed by atoms with E-state index in [1.54, 1.807) is 31.2 Å². The number of ether oxygens (including phenoxy) is 1. The Balaban J connectivity index is 1.76. The number of fused-ring (bicyclic) bond motifs is 1. The number of carbonyl (C=O) groups is 1. The summed E-state index contributed by atoms with van der Waals surface area (Å²) in [5.41, 5.74) is -0.558. The average Bonchev–Trinajstić information content (AvgIpc) is 3.12. The van der Waals surface area contributed by atoms with Gasteiger partial charge >= 0.3 is 0 Å². The van der Waals surface area contributed by atoms with Gasteiger partial charge in [-0.3, -0.25) is 25.0 Å². The lowest BCUT2D eigenvalue weighted by Crippen LogP contribution is -2.54. The predicted octanol–water partition coefficient (Wildman–Crippen LogP) is 2.51. The third-order valence-electron chi connectivity index (χ3n) is 4.99. The van der Waals surface area contributed by atoms with Gasteiger partial charge in [0.15, 0.2) is 0 Å². The summed E-state index contributed by atoms with van der Waals surface area (Å²) >= 11 is 0. The van der Waals surface area contributed by atoms with Crippen molar-refractivity contribution in [1.29, 1.82) is 0 Å². The number of hydrazone groups is 1. The monoisotopic (exact) mass is 382 g/mol. The molecule has 1 spiro atoms. The number of benzene rings is 2. The average molecular weight is 382 g/mol. The van der Waals surface area contributed by atoms with E-state index < -0.39 is 33.8 Å². The molecule has 0 aromatic heterocycles. The quantitative estimate of drug-likeness (QED) is 0.590. The minimum atomic E-state index is -1.61. The summed E-state index contributed by atoms with van der Waals surface area (Å²) in [5.74, 6) is -0.997. The van der Waals surface area contributed by atoms with Crippen LogP contribution >= 0.6 is 0 Å². The molecule has 0 saturated carbocycles. The molecule has 0 N–H and O–H groups in total. The topological polar surface area (TPSA) is 128 Å². The number of nitro groups is 2. The number of hydrogen-bond donors (Lipinski definition) is 0. The summed E-state index contributed by atoms with van der Waals surface area (Å²) in [4.78, 5) is 34.5. The lowest BCUT2D eigenvalue weighted by molar-refractivity contribution is -0.484. The summed E-state index contributed by atoms with van der Waals surface area (Å²) in [6.07, 6.45) is 0. The van der Waals surface area contributed by atoms with Crippen LogP contribution in [0.4, 0.5) is 11.4 Å². The SMILES string of the molecule is CC1=NN(c2ccc([N+](=O)[O-])cc2)C(=O)[C@@]12Oc1ccccc1[C@@H]2C[N+](=O)[O-]. The predicted molar refractivity (Wildman–Crippen MR) is 98.1 cm³/mol. The molecular formula is C18H14N4O6. The zero-order valence-electron chi connectivity index (χ0n) is 14.6. The second-order valence-corrected chi connectivity index (χ2v) is 6.52. The number of para-hydroxylation sites is 1. The number of anilines is 1. The normalized spacial score (nSPS) is 22.8. The van der Waals surface area contributed by atoms with Crippen LogP contribution in [0.15, 0.2) is 53.6 Å². The summed E-state index contributed by atoms with van der Waals surface area (Å²) < 4.78 is 5.97. The van der Waals surface area contributed by atoms with Crippen LogP contribution in [-0.4, -0.2) is 33.6 Å². The molecule has 0 aliphatic carbocycles. The highest BCUT2D eigenvalue weighted by Gasteiger charge is 2.63. The molecule has 2 aromatic rings. The van der Waals surface area contributed by atoms with Gasteiger partial charge in [0, 0.05) is 22.6 Å². The molecule has 2 aliphatic rings. The van der Waals surface area contributed by atoms with Crippen molar-refractivity contribution in [3.63, 3.8) is 0 Å². The van der Waals surface area contributed by atoms with E-state index in [1.807, 2.05) is 0 Å². The highest BCUT2D eigenvalue weighted by atomic mass is 16.6. The third-order valence-corrected chi connectivity index (χ3v) is 4.99. The van der Waals surface area contributed by atoms with Crippen molar-refractivity contribution in [2.75, 3.05) is 11.6 Å². The molecule has 2 aliphatic heterocycles. The van der Waals surface area contributed by atoms with Gasteiger partial charge in [0.25, 0.3) is 11.6 Å². The first-order chi connectivity index (χ1) is 13.3. The zero-order valence-corrected chi connectivity index (χ0v) is 14.6. The molecule has 142 valence electrons. The standard InChI is InChI=1S/C18H14N4O6/c1-11-18(15(10-20(24)25)14-4-2-3-5-16(14)28-18)17(23)21(19-11)12-6-8-13(9-7-12)22(26)27/h2-9,15H,10H2,1H3/t15-,18+/m0/s1. The number of hydrogen-bond acceptors (Lipinski definition) is 7. The van der Waals surface area contributed by atoms with Crippen molar-refractivity contribution < 1.29 is 19.4 Å². The van der Waals surface area contributed by atoms with Crippen LogP contribution in [0.5, 0.6) is 5.75 Å². The van der Waals surface area contributed by atoms with Crippen LogP contribution in [0.1, 0.15) is 18.4 Å². The molecule has 10 heteroatoms. The van der Waals surface area contributed by atoms with Crippen molar-refractivity contribution in [3.8, 4) is 5.75 Å². The number of nitrogens with zero attached hydrogens (tertiary/aromatic N) is 4. The second-order valence-electron chi connectivity index (χ2n) is 6.52. The van der Waals surface area contributed by atoms with Crippen LogP contribution in [0.25, 0.3) is 0 Å². The molecule has 2 heterocycles. The molecule has 0 fully saturated rings. The van der Waals surface area contributed by atoms with Gasteiger partial charge in [-0.2, -0.15) is 10.1 Å². The molecule has 28 heavy (non-hydrogen) atoms. The van der Waals surface area contributed by atoms with E-state index in [1.165, 1.54) is 24.3 Å². The highest BCUT2D eigenvalue weighted by Crippen LogP contribution is 2.49. The lowest BCUT2D eigenvalue weighted by Gasteiger charge is -2.27. The molecule has 10 nitrogen and oxygen atoms in total. The van der Waals surface area contributed by atoms with Crippen LogP contribution in [0, 0.1) is 20.2 Å². The molecule has 4 rings (SSSR count). The summed E-state index contributed by atoms with van der Waals surface area (Å²) in [6.45, 7) is 1.09. The number of rotatable bonds is 4. The van der Waals surface area contributed by atoms with Crippen LogP contribution in [0.3, 0.4) is 0 Å². The number of non-ortho nitro benzene ring substituents is 1. The Hall–Kier alpha value is -3.82. The van der Waals surface area contributed by atoms with Gasteiger partial charge < -0.3 is 4.74 Å². The molecule has 0 bridgehead atoms. The van der Waals surface area contributed by atoms with E-state index in [9.17, 15) is 25.0 Å². The Morgan fingerprint density at radius 3 is 2.46 bits per heavy atom. The minimum Gasteiger partial charge on any atom is -0.470 e. The van der Waals surface area contributed by atoms with E-state index in [-0.39, 0.29) is 5.69 Å². The maximum Gasteiger partial charge on any atom is 0.298 e. The van der Waals surface area contributed by atoms with Crippen LogP contribution in [-0.2, 0) is 4.79 Å². The second kappa shape index (κ2) is 6.12. The van der Waals surface area contributed by atoms with Crippen molar-refractivity contribution in [3.05, 3.63) is 74.3 Å². The Morgan fingerprint density at radius 1 is 1.14 bits per heavy atom. The van der Waals surface area contributed by atoms with Crippen molar-refractivity contribution in [2.45, 2.75) is 18.4 Å². The van der Waals surface area contributed by atoms with Gasteiger partial charge in [0.2, 0.25) is 12.1 Å². The van der Waals surface area contributed by atoms with E-state index >= 15 is 0 Å². The van der Waals surface area contributed by atoms with Crippen molar-refractivity contribution >= 4 is 23.0 Å². The van der Waals surface area contributed by atoms with Gasteiger partial charge in [-0.15, -0.1) is 0 Å². The van der Waals surface area contributed by atoms with Crippen molar-refractivity contribution in [1.82, 2.24) is 0 Å². The molecule has 0 saturated heterocycles. The Morgan fingerprint density at radius 2 is 1.82 bits per heavy atom. The molecular weight excluding hydrogens is 368 g/mol.